The van der Waals surface area contributed by atoms with Crippen molar-refractivity contribution in [1.82, 2.24) is 0 Å². The Morgan fingerprint density at radius 1 is 1.00 bits per heavy atom. The first-order valence-electron chi connectivity index (χ1n) is 5.28. The quantitative estimate of drug-likeness (QED) is 0.663. The molecule has 0 saturated carbocycles. The predicted octanol–water partition coefficient (Wildman–Crippen LogP) is 2.36. The Morgan fingerprint density at radius 2 is 1.50 bits per heavy atom. The summed E-state index contributed by atoms with van der Waals surface area (Å²) in [6.45, 7) is 0. The third-order valence-corrected chi connectivity index (χ3v) is 3.72. The van der Waals surface area contributed by atoms with E-state index in [-0.39, 0.29) is 0 Å². The summed E-state index contributed by atoms with van der Waals surface area (Å²) in [6.07, 6.45) is 7.92. The van der Waals surface area contributed by atoms with Crippen molar-refractivity contribution in [2.45, 2.75) is 0 Å². The molecule has 4 heteroatoms. The molecule has 1 aromatic rings. The van der Waals surface area contributed by atoms with Crippen LogP contribution in [-0.2, 0) is 44.7 Å². The van der Waals surface area contributed by atoms with Gasteiger partial charge in [0.15, 0.2) is 0 Å². The standard InChI is InChI=1S/C14H14O2.Cr.W/c1-15-11-3-5-13-7-9-14(10-8-13)6-4-12-16-2;;/h3-10H,1-2H3;;/b5-3+,6-4+;;. The number of benzene rings is 1. The molecule has 18 heavy (non-hydrogen) atoms. The van der Waals surface area contributed by atoms with Gasteiger partial charge in [0.25, 0.3) is 0 Å². The summed E-state index contributed by atoms with van der Waals surface area (Å²) in [7, 11) is 3.33. The van der Waals surface area contributed by atoms with Crippen LogP contribution in [0.4, 0.5) is 0 Å². The van der Waals surface area contributed by atoms with Crippen LogP contribution in [-0.4, -0.2) is 22.9 Å². The third-order valence-electron chi connectivity index (χ3n) is 2.16. The molecular weight excluding hydrogens is 436 g/mol. The van der Waals surface area contributed by atoms with E-state index < -0.39 is 0 Å². The Labute approximate surface area is 127 Å². The van der Waals surface area contributed by atoms with Crippen molar-refractivity contribution >= 4 is 20.8 Å². The number of rotatable bonds is 6. The van der Waals surface area contributed by atoms with E-state index >= 15 is 0 Å². The molecule has 1 rings (SSSR count). The average Bonchev–Trinajstić information content (AvgIpc) is 2.43. The molecule has 1 aromatic carbocycles. The number of hydrogen-bond acceptors (Lipinski definition) is 2. The fourth-order valence-electron chi connectivity index (χ4n) is 1.18. The molecule has 0 fully saturated rings. The zero-order valence-corrected chi connectivity index (χ0v) is 14.5. The second-order valence-corrected chi connectivity index (χ2v) is 5.45. The second kappa shape index (κ2) is 8.64. The van der Waals surface area contributed by atoms with Gasteiger partial charge in [0.1, 0.15) is 0 Å². The molecule has 0 aliphatic heterocycles. The van der Waals surface area contributed by atoms with Crippen LogP contribution in [0.25, 0.3) is 12.2 Å². The van der Waals surface area contributed by atoms with Gasteiger partial charge in [-0.3, -0.25) is 0 Å². The summed E-state index contributed by atoms with van der Waals surface area (Å²) in [5, 5.41) is 0. The maximum atomic E-state index is 5.11. The summed E-state index contributed by atoms with van der Waals surface area (Å²) in [5.41, 5.74) is 2.29. The van der Waals surface area contributed by atoms with Crippen molar-refractivity contribution in [3.8, 4) is 0 Å². The molecule has 0 atom stereocenters. The van der Waals surface area contributed by atoms with E-state index in [1.165, 1.54) is 19.4 Å². The number of methoxy groups -OCH3 is 2. The third kappa shape index (κ3) is 5.96. The van der Waals surface area contributed by atoms with E-state index in [1.807, 2.05) is 24.3 Å². The number of hydrogen-bond donors (Lipinski definition) is 0. The Bertz CT molecular complexity index is 430. The Morgan fingerprint density at radius 3 is 1.94 bits per heavy atom. The van der Waals surface area contributed by atoms with E-state index in [0.717, 1.165) is 19.8 Å². The summed E-state index contributed by atoms with van der Waals surface area (Å²) in [6, 6.07) is 8.27. The van der Waals surface area contributed by atoms with Crippen LogP contribution < -0.4 is 0 Å². The van der Waals surface area contributed by atoms with Crippen molar-refractivity contribution < 1.29 is 44.7 Å². The fourth-order valence-corrected chi connectivity index (χ4v) is 1.53. The van der Waals surface area contributed by atoms with Crippen LogP contribution in [0.1, 0.15) is 11.1 Å². The van der Waals surface area contributed by atoms with Gasteiger partial charge in [-0.05, 0) is 0 Å². The number of ether oxygens (including phenoxy) is 2. The molecule has 0 unspecified atom stereocenters. The topological polar surface area (TPSA) is 18.5 Å². The van der Waals surface area contributed by atoms with Gasteiger partial charge in [-0.25, -0.2) is 0 Å². The molecule has 0 radical (unpaired) electrons. The Hall–Kier alpha value is -0.419. The molecule has 2 nitrogen and oxygen atoms in total. The molecule has 0 aliphatic rings. The predicted molar refractivity (Wildman–Crippen MR) is 68.5 cm³/mol. The summed E-state index contributed by atoms with van der Waals surface area (Å²) in [5.74, 6) is 0. The van der Waals surface area contributed by atoms with Gasteiger partial charge >= 0.3 is 127 Å². The van der Waals surface area contributed by atoms with Gasteiger partial charge in [-0.15, -0.1) is 0 Å². The minimum absolute atomic E-state index is 0.771. The minimum atomic E-state index is 0.771. The SMILES string of the molecule is CO[C](=[Cr])/C=C/c1ccc(/C=C/[C](=[W])OC)cc1. The second-order valence-electron chi connectivity index (χ2n) is 3.38. The van der Waals surface area contributed by atoms with E-state index in [9.17, 15) is 0 Å². The molecule has 0 N–H and O–H groups in total. The van der Waals surface area contributed by atoms with Gasteiger partial charge < -0.3 is 0 Å². The van der Waals surface area contributed by atoms with Crippen molar-refractivity contribution in [3.63, 3.8) is 0 Å². The van der Waals surface area contributed by atoms with Gasteiger partial charge in [0.05, 0.1) is 0 Å². The average molecular weight is 450 g/mol. The molecule has 0 amide bonds. The van der Waals surface area contributed by atoms with Crippen molar-refractivity contribution in [2.75, 3.05) is 14.2 Å². The normalized spacial score (nSPS) is 11.2. The Balaban J connectivity index is 2.68. The molecule has 0 heterocycles. The van der Waals surface area contributed by atoms with Crippen molar-refractivity contribution in [3.05, 3.63) is 47.5 Å². The van der Waals surface area contributed by atoms with Gasteiger partial charge in [-0.2, -0.15) is 0 Å². The fraction of sp³-hybridized carbons (Fsp3) is 0.143. The van der Waals surface area contributed by atoms with Crippen LogP contribution in [0, 0.1) is 0 Å². The molecule has 0 aliphatic carbocycles. The van der Waals surface area contributed by atoms with Gasteiger partial charge in [0.2, 0.25) is 0 Å². The van der Waals surface area contributed by atoms with E-state index in [1.54, 1.807) is 14.2 Å². The molecule has 0 spiro atoms. The molecule has 0 bridgehead atoms. The summed E-state index contributed by atoms with van der Waals surface area (Å²) >= 11 is 4.15. The van der Waals surface area contributed by atoms with Crippen LogP contribution >= 0.6 is 0 Å². The van der Waals surface area contributed by atoms with Crippen LogP contribution in [0.3, 0.4) is 0 Å². The first-order valence-corrected chi connectivity index (χ1v) is 7.38. The zero-order valence-electron chi connectivity index (χ0n) is 10.3. The zero-order chi connectivity index (χ0) is 13.4. The van der Waals surface area contributed by atoms with Gasteiger partial charge in [0, 0.05) is 0 Å². The van der Waals surface area contributed by atoms with Crippen molar-refractivity contribution in [1.29, 1.82) is 0 Å². The molecule has 94 valence electrons. The molecular formula is C14H14CrO2W. The van der Waals surface area contributed by atoms with Gasteiger partial charge in [-0.1, -0.05) is 0 Å². The first-order chi connectivity index (χ1) is 8.65. The maximum absolute atomic E-state index is 5.11. The summed E-state index contributed by atoms with van der Waals surface area (Å²) in [4.78, 5) is 0. The van der Waals surface area contributed by atoms with Crippen LogP contribution in [0.5, 0.6) is 0 Å². The molecule has 0 saturated heterocycles. The van der Waals surface area contributed by atoms with E-state index in [2.05, 4.69) is 40.1 Å². The Kier molecular flexibility index (Phi) is 7.51. The monoisotopic (exact) mass is 450 g/mol. The van der Waals surface area contributed by atoms with Crippen LogP contribution in [0.2, 0.25) is 0 Å². The van der Waals surface area contributed by atoms with E-state index in [4.69, 9.17) is 9.47 Å². The van der Waals surface area contributed by atoms with E-state index in [0.29, 0.717) is 0 Å². The molecule has 0 aromatic heterocycles. The van der Waals surface area contributed by atoms with Crippen LogP contribution in [0.15, 0.2) is 36.4 Å². The first kappa shape index (κ1) is 15.6. The summed E-state index contributed by atoms with van der Waals surface area (Å²) < 4.78 is 11.9. The van der Waals surface area contributed by atoms with Crippen molar-refractivity contribution in [2.24, 2.45) is 0 Å².